The maximum atomic E-state index is 13.0. The fraction of sp³-hybridized carbons (Fsp3) is 0.800. The maximum Gasteiger partial charge on any atom is 0.410 e. The van der Waals surface area contributed by atoms with E-state index in [2.05, 4.69) is 10.6 Å². The molecule has 0 saturated carbocycles. The number of hydrogen-bond donors (Lipinski definition) is 2. The Morgan fingerprint density at radius 2 is 1.00 bits per heavy atom. The third kappa shape index (κ3) is 8.95. The average Bonchev–Trinajstić information content (AvgIpc) is 3.36. The zero-order valence-corrected chi connectivity index (χ0v) is 23.6. The lowest BCUT2D eigenvalue weighted by Gasteiger charge is -2.25. The molecule has 2 rings (SSSR count). The second-order valence-corrected chi connectivity index (χ2v) is 11.3. The molecule has 0 bridgehead atoms. The topological polar surface area (TPSA) is 153 Å². The van der Waals surface area contributed by atoms with Gasteiger partial charge in [-0.15, -0.1) is 0 Å². The van der Waals surface area contributed by atoms with Gasteiger partial charge in [0.2, 0.25) is 0 Å². The molecule has 0 aromatic rings. The molecule has 2 N–H and O–H groups in total. The van der Waals surface area contributed by atoms with E-state index < -0.39 is 65.3 Å². The molecule has 2 saturated heterocycles. The third-order valence-corrected chi connectivity index (χ3v) is 5.75. The molecule has 4 atom stereocenters. The molecule has 13 heteroatoms. The highest BCUT2D eigenvalue weighted by atomic mass is 16.6. The summed E-state index contributed by atoms with van der Waals surface area (Å²) in [4.78, 5) is 66.1. The Balaban J connectivity index is 2.13. The van der Waals surface area contributed by atoms with Crippen LogP contribution in [0.5, 0.6) is 0 Å². The van der Waals surface area contributed by atoms with Crippen molar-refractivity contribution < 1.29 is 42.9 Å². The van der Waals surface area contributed by atoms with E-state index in [0.717, 1.165) is 0 Å². The summed E-state index contributed by atoms with van der Waals surface area (Å²) in [6.07, 6.45) is -1.22. The van der Waals surface area contributed by atoms with Crippen LogP contribution in [0.1, 0.15) is 55.4 Å². The third-order valence-electron chi connectivity index (χ3n) is 5.75. The van der Waals surface area contributed by atoms with Crippen LogP contribution < -0.4 is 10.6 Å². The van der Waals surface area contributed by atoms with E-state index >= 15 is 0 Å². The minimum Gasteiger partial charge on any atom is -0.466 e. The van der Waals surface area contributed by atoms with Gasteiger partial charge in [-0.1, -0.05) is 0 Å². The number of nitrogens with zero attached hydrogens (tertiary/aromatic N) is 2. The van der Waals surface area contributed by atoms with Crippen LogP contribution in [-0.2, 0) is 28.5 Å². The zero-order chi connectivity index (χ0) is 28.8. The predicted molar refractivity (Wildman–Crippen MR) is 135 cm³/mol. The van der Waals surface area contributed by atoms with Crippen molar-refractivity contribution in [1.82, 2.24) is 20.4 Å². The van der Waals surface area contributed by atoms with Gasteiger partial charge in [-0.3, -0.25) is 9.59 Å². The normalized spacial score (nSPS) is 23.5. The molecule has 2 aliphatic heterocycles. The number of carbonyl (C=O) groups is 5. The quantitative estimate of drug-likeness (QED) is 0.378. The van der Waals surface area contributed by atoms with Gasteiger partial charge in [-0.2, -0.15) is 0 Å². The number of amides is 4. The summed E-state index contributed by atoms with van der Waals surface area (Å²) in [5.74, 6) is -2.72. The van der Waals surface area contributed by atoms with Crippen LogP contribution in [0.2, 0.25) is 0 Å². The van der Waals surface area contributed by atoms with Gasteiger partial charge in [0.25, 0.3) is 0 Å². The Hall–Kier alpha value is -3.25. The van der Waals surface area contributed by atoms with Crippen LogP contribution in [0.25, 0.3) is 0 Å². The highest BCUT2D eigenvalue weighted by Crippen LogP contribution is 2.24. The fourth-order valence-electron chi connectivity index (χ4n) is 4.21. The van der Waals surface area contributed by atoms with Crippen molar-refractivity contribution in [1.29, 1.82) is 0 Å². The largest absolute Gasteiger partial charge is 0.466 e. The van der Waals surface area contributed by atoms with E-state index in [1.54, 1.807) is 55.4 Å². The van der Waals surface area contributed by atoms with Crippen molar-refractivity contribution >= 4 is 30.2 Å². The molecule has 0 aliphatic carbocycles. The lowest BCUT2D eigenvalue weighted by atomic mass is 10.0. The average molecular weight is 543 g/mol. The summed E-state index contributed by atoms with van der Waals surface area (Å²) in [7, 11) is 0. The van der Waals surface area contributed by atoms with E-state index in [1.165, 1.54) is 9.80 Å². The van der Waals surface area contributed by atoms with Gasteiger partial charge in [-0.25, -0.2) is 14.4 Å². The van der Waals surface area contributed by atoms with E-state index in [4.69, 9.17) is 18.9 Å². The second-order valence-electron chi connectivity index (χ2n) is 11.3. The van der Waals surface area contributed by atoms with E-state index in [1.807, 2.05) is 0 Å². The summed E-state index contributed by atoms with van der Waals surface area (Å²) in [5, 5.41) is 5.46. The highest BCUT2D eigenvalue weighted by Gasteiger charge is 2.45. The summed E-state index contributed by atoms with van der Waals surface area (Å²) >= 11 is 0. The Morgan fingerprint density at radius 1 is 0.658 bits per heavy atom. The zero-order valence-electron chi connectivity index (χ0n) is 23.6. The van der Waals surface area contributed by atoms with Gasteiger partial charge >= 0.3 is 30.2 Å². The molecule has 216 valence electrons. The summed E-state index contributed by atoms with van der Waals surface area (Å²) in [5.41, 5.74) is -1.46. The molecule has 0 radical (unpaired) electrons. The van der Waals surface area contributed by atoms with Crippen LogP contribution in [0.15, 0.2) is 0 Å². The first-order valence-electron chi connectivity index (χ1n) is 12.9. The molecule has 0 unspecified atom stereocenters. The van der Waals surface area contributed by atoms with Crippen molar-refractivity contribution in [3.63, 3.8) is 0 Å². The Bertz CT molecular complexity index is 826. The van der Waals surface area contributed by atoms with Gasteiger partial charge in [0.15, 0.2) is 0 Å². The SMILES string of the molecule is CCOC(=O)[C@H]1CN(C(=O)OC(C)(C)C)C[C@@H]1NC(=O)N[C@H]1CN(C(=O)OC(C)(C)C)C[C@H]1C(=O)OCC. The summed E-state index contributed by atoms with van der Waals surface area (Å²) in [6.45, 7) is 14.1. The summed E-state index contributed by atoms with van der Waals surface area (Å²) < 4.78 is 21.1. The van der Waals surface area contributed by atoms with Crippen LogP contribution in [-0.4, -0.2) is 103 Å². The van der Waals surface area contributed by atoms with Gasteiger partial charge < -0.3 is 39.4 Å². The van der Waals surface area contributed by atoms with Crippen LogP contribution in [0.4, 0.5) is 14.4 Å². The highest BCUT2D eigenvalue weighted by molar-refractivity contribution is 5.82. The maximum absolute atomic E-state index is 13.0. The Kier molecular flexibility index (Phi) is 10.2. The van der Waals surface area contributed by atoms with Crippen molar-refractivity contribution in [2.45, 2.75) is 78.7 Å². The number of esters is 2. The Morgan fingerprint density at radius 3 is 1.29 bits per heavy atom. The minimum absolute atomic E-state index is 0.0139. The molecule has 2 heterocycles. The monoisotopic (exact) mass is 542 g/mol. The van der Waals surface area contributed by atoms with Crippen LogP contribution in [0.3, 0.4) is 0 Å². The number of urea groups is 1. The molecule has 2 aliphatic rings. The molecule has 0 aromatic heterocycles. The fourth-order valence-corrected chi connectivity index (χ4v) is 4.21. The van der Waals surface area contributed by atoms with Crippen molar-refractivity contribution in [3.8, 4) is 0 Å². The molecule has 2 fully saturated rings. The molecule has 0 spiro atoms. The smallest absolute Gasteiger partial charge is 0.410 e. The predicted octanol–water partition coefficient (Wildman–Crippen LogP) is 1.88. The van der Waals surface area contributed by atoms with Gasteiger partial charge in [0.05, 0.1) is 37.1 Å². The van der Waals surface area contributed by atoms with Gasteiger partial charge in [0, 0.05) is 26.2 Å². The van der Waals surface area contributed by atoms with Crippen LogP contribution in [0, 0.1) is 11.8 Å². The first-order valence-corrected chi connectivity index (χ1v) is 12.9. The lowest BCUT2D eigenvalue weighted by Crippen LogP contribution is -2.53. The minimum atomic E-state index is -0.809. The molecular weight excluding hydrogens is 500 g/mol. The van der Waals surface area contributed by atoms with E-state index in [9.17, 15) is 24.0 Å². The first-order chi connectivity index (χ1) is 17.5. The molecular formula is C25H42N4O9. The number of likely N-dealkylation sites (tertiary alicyclic amines) is 2. The summed E-state index contributed by atoms with van der Waals surface area (Å²) in [6, 6.07) is -2.18. The lowest BCUT2D eigenvalue weighted by molar-refractivity contribution is -0.148. The first kappa shape index (κ1) is 31.0. The van der Waals surface area contributed by atoms with E-state index in [0.29, 0.717) is 0 Å². The number of carbonyl (C=O) groups excluding carboxylic acids is 5. The second kappa shape index (κ2) is 12.5. The number of rotatable bonds is 6. The molecule has 0 aromatic carbocycles. The number of hydrogen-bond acceptors (Lipinski definition) is 9. The molecule has 4 amide bonds. The Labute approximate surface area is 223 Å². The van der Waals surface area contributed by atoms with Gasteiger partial charge in [0.1, 0.15) is 11.2 Å². The van der Waals surface area contributed by atoms with E-state index in [-0.39, 0.29) is 39.4 Å². The molecule has 38 heavy (non-hydrogen) atoms. The van der Waals surface area contributed by atoms with Crippen LogP contribution >= 0.6 is 0 Å². The van der Waals surface area contributed by atoms with Crippen molar-refractivity contribution in [3.05, 3.63) is 0 Å². The standard InChI is InChI=1S/C25H42N4O9/c1-9-35-19(30)15-11-28(22(33)37-24(3,4)5)13-17(15)26-21(32)27-18-14-29(23(34)38-25(6,7)8)12-16(18)20(31)36-10-2/h15-18H,9-14H2,1-8H3,(H2,26,27,32)/t15-,16+,17-,18-/m0/s1. The number of nitrogens with one attached hydrogen (secondary N) is 2. The van der Waals surface area contributed by atoms with Gasteiger partial charge in [-0.05, 0) is 55.4 Å². The molecule has 13 nitrogen and oxygen atoms in total. The number of ether oxygens (including phenoxy) is 4. The van der Waals surface area contributed by atoms with Crippen molar-refractivity contribution in [2.75, 3.05) is 39.4 Å². The van der Waals surface area contributed by atoms with Crippen molar-refractivity contribution in [2.24, 2.45) is 11.8 Å².